The second-order valence-electron chi connectivity index (χ2n) is 6.65. The summed E-state index contributed by atoms with van der Waals surface area (Å²) in [4.78, 5) is 38.5. The molecule has 0 saturated heterocycles. The van der Waals surface area contributed by atoms with Crippen molar-refractivity contribution in [1.29, 1.82) is 0 Å². The maximum atomic E-state index is 13.2. The van der Waals surface area contributed by atoms with Crippen molar-refractivity contribution in [2.24, 2.45) is 0 Å². The Morgan fingerprint density at radius 3 is 2.52 bits per heavy atom. The van der Waals surface area contributed by atoms with Crippen LogP contribution in [-0.2, 0) is 30.7 Å². The highest BCUT2D eigenvalue weighted by atomic mass is 32.1. The normalized spacial score (nSPS) is 13.7. The van der Waals surface area contributed by atoms with Gasteiger partial charge in [0.1, 0.15) is 10.6 Å². The van der Waals surface area contributed by atoms with E-state index in [1.807, 2.05) is 0 Å². The van der Waals surface area contributed by atoms with Crippen LogP contribution in [-0.4, -0.2) is 15.1 Å². The molecule has 4 rings (SSSR count). The van der Waals surface area contributed by atoms with Gasteiger partial charge in [-0.15, -0.1) is 11.3 Å². The van der Waals surface area contributed by atoms with Gasteiger partial charge >= 0.3 is 5.69 Å². The van der Waals surface area contributed by atoms with E-state index in [2.05, 4.69) is 0 Å². The lowest BCUT2D eigenvalue weighted by Gasteiger charge is -2.14. The summed E-state index contributed by atoms with van der Waals surface area (Å²) >= 11 is 1.42. The van der Waals surface area contributed by atoms with Crippen LogP contribution in [0.15, 0.2) is 33.9 Å². The molecular weight excluding hydrogens is 371 g/mol. The first-order chi connectivity index (χ1) is 13.0. The van der Waals surface area contributed by atoms with E-state index in [0.717, 1.165) is 40.7 Å². The molecule has 0 spiro atoms. The van der Waals surface area contributed by atoms with Crippen LogP contribution in [0.3, 0.4) is 0 Å². The number of nitrogens with zero attached hydrogens (tertiary/aromatic N) is 2. The molecule has 0 amide bonds. The highest BCUT2D eigenvalue weighted by molar-refractivity contribution is 7.18. The van der Waals surface area contributed by atoms with E-state index in [-0.39, 0.29) is 12.4 Å². The summed E-state index contributed by atoms with van der Waals surface area (Å²) in [6.07, 6.45) is 3.56. The fourth-order valence-corrected chi connectivity index (χ4v) is 4.97. The lowest BCUT2D eigenvalue weighted by molar-refractivity contribution is -0.306. The molecular formula is C19H16FN2O4S-. The maximum Gasteiger partial charge on any atom is 0.332 e. The summed E-state index contributed by atoms with van der Waals surface area (Å²) in [6, 6.07) is 5.73. The Bertz CT molecular complexity index is 1160. The van der Waals surface area contributed by atoms with E-state index in [4.69, 9.17) is 0 Å². The third kappa shape index (κ3) is 3.10. The summed E-state index contributed by atoms with van der Waals surface area (Å²) in [7, 11) is 0. The number of carbonyl (C=O) groups excluding carboxylic acids is 1. The molecule has 0 atom stereocenters. The van der Waals surface area contributed by atoms with Gasteiger partial charge in [0.25, 0.3) is 5.56 Å². The smallest absolute Gasteiger partial charge is 0.332 e. The molecule has 2 aromatic heterocycles. The van der Waals surface area contributed by atoms with E-state index in [0.29, 0.717) is 15.8 Å². The van der Waals surface area contributed by atoms with Crippen molar-refractivity contribution >= 4 is 27.5 Å². The SMILES string of the molecule is O=C([O-])Cn1c(=O)c2c3c(sc2n(Cc2ccc(F)cc2)c1=O)CCCC3. The van der Waals surface area contributed by atoms with Crippen LogP contribution >= 0.6 is 11.3 Å². The average Bonchev–Trinajstić information content (AvgIpc) is 3.03. The number of rotatable bonds is 4. The number of thiophene rings is 1. The minimum atomic E-state index is -1.49. The molecule has 1 aromatic carbocycles. The number of hydrogen-bond acceptors (Lipinski definition) is 5. The predicted molar refractivity (Wildman–Crippen MR) is 97.5 cm³/mol. The monoisotopic (exact) mass is 387 g/mol. The number of halogens is 1. The lowest BCUT2D eigenvalue weighted by Crippen LogP contribution is -2.44. The van der Waals surface area contributed by atoms with E-state index in [9.17, 15) is 23.9 Å². The predicted octanol–water partition coefficient (Wildman–Crippen LogP) is 1.04. The van der Waals surface area contributed by atoms with Crippen LogP contribution in [0.4, 0.5) is 4.39 Å². The van der Waals surface area contributed by atoms with Gasteiger partial charge in [-0.05, 0) is 48.9 Å². The minimum absolute atomic E-state index is 0.127. The number of carboxylic acid groups (broad SMARTS) is 1. The van der Waals surface area contributed by atoms with Gasteiger partial charge in [-0.1, -0.05) is 12.1 Å². The highest BCUT2D eigenvalue weighted by Gasteiger charge is 2.23. The Morgan fingerprint density at radius 2 is 1.81 bits per heavy atom. The van der Waals surface area contributed by atoms with Crippen molar-refractivity contribution < 1.29 is 14.3 Å². The Kier molecular flexibility index (Phi) is 4.43. The standard InChI is InChI=1S/C19H17FN2O4S/c20-12-7-5-11(6-8-12)9-22-18-16(13-3-1-2-4-14(13)27-18)17(25)21(19(22)26)10-15(23)24/h5-8H,1-4,9-10H2,(H,23,24)/p-1. The largest absolute Gasteiger partial charge is 0.548 e. The summed E-state index contributed by atoms with van der Waals surface area (Å²) in [5.74, 6) is -1.88. The Morgan fingerprint density at radius 1 is 1.11 bits per heavy atom. The second kappa shape index (κ2) is 6.77. The van der Waals surface area contributed by atoms with E-state index in [1.54, 1.807) is 12.1 Å². The Hall–Kier alpha value is -2.74. The van der Waals surface area contributed by atoms with Gasteiger partial charge in [0.15, 0.2) is 0 Å². The van der Waals surface area contributed by atoms with Crippen molar-refractivity contribution in [3.05, 3.63) is 66.9 Å². The molecule has 0 bridgehead atoms. The van der Waals surface area contributed by atoms with Gasteiger partial charge in [0.2, 0.25) is 0 Å². The first-order valence-corrected chi connectivity index (χ1v) is 9.49. The fourth-order valence-electron chi connectivity index (χ4n) is 3.60. The molecule has 2 heterocycles. The number of carboxylic acids is 1. The van der Waals surface area contributed by atoms with Crippen molar-refractivity contribution in [3.8, 4) is 0 Å². The number of aliphatic carboxylic acids is 1. The first-order valence-electron chi connectivity index (χ1n) is 8.68. The summed E-state index contributed by atoms with van der Waals surface area (Å²) in [6.45, 7) is -0.663. The van der Waals surface area contributed by atoms with Crippen LogP contribution in [0.5, 0.6) is 0 Å². The quantitative estimate of drug-likeness (QED) is 0.670. The third-order valence-corrected chi connectivity index (χ3v) is 6.17. The third-order valence-electron chi connectivity index (χ3n) is 4.86. The van der Waals surface area contributed by atoms with Gasteiger partial charge in [0.05, 0.1) is 24.4 Å². The van der Waals surface area contributed by atoms with Crippen LogP contribution in [0, 0.1) is 5.82 Å². The van der Waals surface area contributed by atoms with Crippen molar-refractivity contribution in [1.82, 2.24) is 9.13 Å². The van der Waals surface area contributed by atoms with Crippen molar-refractivity contribution in [3.63, 3.8) is 0 Å². The molecule has 0 fully saturated rings. The molecule has 27 heavy (non-hydrogen) atoms. The van der Waals surface area contributed by atoms with E-state index in [1.165, 1.54) is 28.0 Å². The van der Waals surface area contributed by atoms with Crippen LogP contribution < -0.4 is 16.4 Å². The van der Waals surface area contributed by atoms with E-state index >= 15 is 0 Å². The number of benzene rings is 1. The van der Waals surface area contributed by atoms with Crippen LogP contribution in [0.2, 0.25) is 0 Å². The van der Waals surface area contributed by atoms with Crippen LogP contribution in [0.25, 0.3) is 10.2 Å². The fraction of sp³-hybridized carbons (Fsp3) is 0.316. The van der Waals surface area contributed by atoms with Crippen molar-refractivity contribution in [2.45, 2.75) is 38.8 Å². The topological polar surface area (TPSA) is 84.1 Å². The number of hydrogen-bond donors (Lipinski definition) is 0. The zero-order valence-corrected chi connectivity index (χ0v) is 15.2. The molecule has 6 nitrogen and oxygen atoms in total. The maximum absolute atomic E-state index is 13.2. The van der Waals surface area contributed by atoms with Gasteiger partial charge < -0.3 is 9.90 Å². The van der Waals surface area contributed by atoms with Gasteiger partial charge in [-0.2, -0.15) is 0 Å². The van der Waals surface area contributed by atoms with Gasteiger partial charge in [0, 0.05) is 4.88 Å². The van der Waals surface area contributed by atoms with Crippen LogP contribution in [0.1, 0.15) is 28.8 Å². The Labute approximate surface area is 157 Å². The van der Waals surface area contributed by atoms with E-state index < -0.39 is 23.8 Å². The molecule has 8 heteroatoms. The molecule has 1 aliphatic carbocycles. The molecule has 1 aliphatic rings. The average molecular weight is 387 g/mol. The summed E-state index contributed by atoms with van der Waals surface area (Å²) in [5, 5.41) is 11.5. The summed E-state index contributed by atoms with van der Waals surface area (Å²) < 4.78 is 15.3. The van der Waals surface area contributed by atoms with Gasteiger partial charge in [-0.3, -0.25) is 13.9 Å². The minimum Gasteiger partial charge on any atom is -0.548 e. The lowest BCUT2D eigenvalue weighted by atomic mass is 9.97. The molecule has 0 aliphatic heterocycles. The molecule has 0 radical (unpaired) electrons. The zero-order valence-electron chi connectivity index (χ0n) is 14.4. The number of aromatic nitrogens is 2. The molecule has 0 unspecified atom stereocenters. The molecule has 3 aromatic rings. The first kappa shape index (κ1) is 17.7. The second-order valence-corrected chi connectivity index (χ2v) is 7.73. The number of fused-ring (bicyclic) bond motifs is 3. The molecule has 0 N–H and O–H groups in total. The molecule has 140 valence electrons. The zero-order chi connectivity index (χ0) is 19.1. The highest BCUT2D eigenvalue weighted by Crippen LogP contribution is 2.34. The van der Waals surface area contributed by atoms with Crippen molar-refractivity contribution in [2.75, 3.05) is 0 Å². The Balaban J connectivity index is 1.99. The summed E-state index contributed by atoms with van der Waals surface area (Å²) in [5.41, 5.74) is 0.338. The van der Waals surface area contributed by atoms with Gasteiger partial charge in [-0.25, -0.2) is 9.18 Å². The molecule has 0 saturated carbocycles. The number of aryl methyl sites for hydroxylation is 2. The number of carbonyl (C=O) groups is 1.